The fourth-order valence-corrected chi connectivity index (χ4v) is 3.38. The van der Waals surface area contributed by atoms with E-state index in [2.05, 4.69) is 4.98 Å². The zero-order valence-corrected chi connectivity index (χ0v) is 14.1. The molecule has 2 aliphatic heterocycles. The fourth-order valence-electron chi connectivity index (χ4n) is 3.38. The molecule has 2 aliphatic rings. The second-order valence-electron chi connectivity index (χ2n) is 6.99. The van der Waals surface area contributed by atoms with E-state index in [-0.39, 0.29) is 38.4 Å². The summed E-state index contributed by atoms with van der Waals surface area (Å²) in [5, 5.41) is 10.7. The molecule has 1 aromatic rings. The number of hydrogen-bond donors (Lipinski definition) is 1. The van der Waals surface area contributed by atoms with Crippen LogP contribution in [0.2, 0.25) is 0 Å². The van der Waals surface area contributed by atoms with Crippen molar-refractivity contribution in [3.63, 3.8) is 0 Å². The maximum atomic E-state index is 13.2. The van der Waals surface area contributed by atoms with Gasteiger partial charge in [-0.25, -0.2) is 8.78 Å². The Morgan fingerprint density at radius 2 is 2.04 bits per heavy atom. The molecular formula is C18H23F2N3O2. The molecule has 3 heterocycles. The Hall–Kier alpha value is -1.86. The van der Waals surface area contributed by atoms with Gasteiger partial charge >= 0.3 is 0 Å². The first-order valence-electron chi connectivity index (χ1n) is 8.55. The summed E-state index contributed by atoms with van der Waals surface area (Å²) in [5.41, 5.74) is -0.190. The van der Waals surface area contributed by atoms with Gasteiger partial charge < -0.3 is 10.0 Å². The van der Waals surface area contributed by atoms with Gasteiger partial charge in [0.2, 0.25) is 5.91 Å². The quantitative estimate of drug-likeness (QED) is 0.841. The molecule has 0 spiro atoms. The predicted octanol–water partition coefficient (Wildman–Crippen LogP) is 1.79. The van der Waals surface area contributed by atoms with Gasteiger partial charge in [-0.15, -0.1) is 0 Å². The number of aromatic nitrogens is 1. The third-order valence-electron chi connectivity index (χ3n) is 4.85. The maximum Gasteiger partial charge on any atom is 0.250 e. The van der Waals surface area contributed by atoms with Crippen molar-refractivity contribution in [3.05, 3.63) is 36.2 Å². The number of piperidine rings is 1. The largest absolute Gasteiger partial charge is 0.387 e. The van der Waals surface area contributed by atoms with Gasteiger partial charge in [-0.3, -0.25) is 14.7 Å². The molecule has 2 saturated heterocycles. The number of aliphatic hydroxyl groups is 1. The Bertz CT molecular complexity index is 628. The summed E-state index contributed by atoms with van der Waals surface area (Å²) in [6.07, 6.45) is 6.63. The highest BCUT2D eigenvalue weighted by Gasteiger charge is 2.41. The van der Waals surface area contributed by atoms with Crippen LogP contribution < -0.4 is 0 Å². The summed E-state index contributed by atoms with van der Waals surface area (Å²) < 4.78 is 26.5. The van der Waals surface area contributed by atoms with E-state index in [0.29, 0.717) is 19.5 Å². The molecule has 3 rings (SSSR count). The molecule has 0 radical (unpaired) electrons. The first-order chi connectivity index (χ1) is 11.9. The van der Waals surface area contributed by atoms with Gasteiger partial charge in [0, 0.05) is 57.5 Å². The van der Waals surface area contributed by atoms with Crippen molar-refractivity contribution in [2.24, 2.45) is 0 Å². The minimum atomic E-state index is -2.59. The molecule has 1 N–H and O–H groups in total. The lowest BCUT2D eigenvalue weighted by atomic mass is 10.00. The van der Waals surface area contributed by atoms with Crippen molar-refractivity contribution in [2.75, 3.05) is 32.7 Å². The van der Waals surface area contributed by atoms with E-state index < -0.39 is 11.5 Å². The van der Waals surface area contributed by atoms with Crippen molar-refractivity contribution in [1.29, 1.82) is 0 Å². The summed E-state index contributed by atoms with van der Waals surface area (Å²) in [6, 6.07) is 3.64. The fraction of sp³-hybridized carbons (Fsp3) is 0.556. The number of amides is 1. The van der Waals surface area contributed by atoms with Crippen LogP contribution in [0.4, 0.5) is 8.78 Å². The highest BCUT2D eigenvalue weighted by atomic mass is 19.3. The summed E-state index contributed by atoms with van der Waals surface area (Å²) in [4.78, 5) is 19.7. The zero-order chi connectivity index (χ0) is 17.9. The topological polar surface area (TPSA) is 56.7 Å². The molecule has 136 valence electrons. The van der Waals surface area contributed by atoms with Crippen molar-refractivity contribution in [2.45, 2.75) is 30.8 Å². The van der Waals surface area contributed by atoms with Crippen LogP contribution in [-0.2, 0) is 4.79 Å². The number of pyridine rings is 1. The van der Waals surface area contributed by atoms with Gasteiger partial charge in [-0.2, -0.15) is 0 Å². The van der Waals surface area contributed by atoms with Crippen LogP contribution in [0.25, 0.3) is 6.08 Å². The third kappa shape index (κ3) is 4.83. The SMILES string of the molecule is O=C(/C=C/c1cccnc1)N1CC[C@](O)(CN2CCC(F)(F)CC2)C1. The van der Waals surface area contributed by atoms with Crippen molar-refractivity contribution in [1.82, 2.24) is 14.8 Å². The monoisotopic (exact) mass is 351 g/mol. The molecule has 0 aliphatic carbocycles. The lowest BCUT2D eigenvalue weighted by Crippen LogP contribution is -2.49. The Morgan fingerprint density at radius 3 is 2.72 bits per heavy atom. The molecule has 0 bridgehead atoms. The number of rotatable bonds is 4. The number of carbonyl (C=O) groups excluding carboxylic acids is 1. The number of β-amino-alcohol motifs (C(OH)–C–C–N with tert-alkyl or cyclic N) is 1. The van der Waals surface area contributed by atoms with Gasteiger partial charge in [0.15, 0.2) is 0 Å². The Morgan fingerprint density at radius 1 is 1.28 bits per heavy atom. The Labute approximate surface area is 146 Å². The second kappa shape index (κ2) is 7.17. The van der Waals surface area contributed by atoms with Crippen LogP contribution in [0.3, 0.4) is 0 Å². The maximum absolute atomic E-state index is 13.2. The lowest BCUT2D eigenvalue weighted by Gasteiger charge is -2.36. The predicted molar refractivity (Wildman–Crippen MR) is 90.0 cm³/mol. The molecule has 1 atom stereocenters. The highest BCUT2D eigenvalue weighted by molar-refractivity contribution is 5.92. The van der Waals surface area contributed by atoms with E-state index in [0.717, 1.165) is 5.56 Å². The third-order valence-corrected chi connectivity index (χ3v) is 4.85. The van der Waals surface area contributed by atoms with E-state index in [1.807, 2.05) is 11.0 Å². The molecule has 0 unspecified atom stereocenters. The van der Waals surface area contributed by atoms with Gasteiger partial charge in [0.25, 0.3) is 5.92 Å². The van der Waals surface area contributed by atoms with Crippen LogP contribution in [0.15, 0.2) is 30.6 Å². The number of nitrogens with zero attached hydrogens (tertiary/aromatic N) is 3. The average molecular weight is 351 g/mol. The van der Waals surface area contributed by atoms with Crippen LogP contribution in [0.1, 0.15) is 24.8 Å². The molecule has 1 amide bonds. The molecule has 1 aromatic heterocycles. The minimum absolute atomic E-state index is 0.162. The Kier molecular flexibility index (Phi) is 5.15. The van der Waals surface area contributed by atoms with E-state index >= 15 is 0 Å². The van der Waals surface area contributed by atoms with Gasteiger partial charge in [0.1, 0.15) is 0 Å². The number of carbonyl (C=O) groups is 1. The number of likely N-dealkylation sites (tertiary alicyclic amines) is 2. The van der Waals surface area contributed by atoms with Crippen LogP contribution in [-0.4, -0.2) is 70.0 Å². The van der Waals surface area contributed by atoms with E-state index in [1.54, 1.807) is 29.4 Å². The van der Waals surface area contributed by atoms with Crippen molar-refractivity contribution in [3.8, 4) is 0 Å². The number of halogens is 2. The van der Waals surface area contributed by atoms with Crippen LogP contribution >= 0.6 is 0 Å². The number of hydrogen-bond acceptors (Lipinski definition) is 4. The van der Waals surface area contributed by atoms with Gasteiger partial charge in [0.05, 0.1) is 12.1 Å². The van der Waals surface area contributed by atoms with Crippen molar-refractivity contribution >= 4 is 12.0 Å². The first-order valence-corrected chi connectivity index (χ1v) is 8.55. The summed E-state index contributed by atoms with van der Waals surface area (Å²) in [5.74, 6) is -2.75. The van der Waals surface area contributed by atoms with Crippen LogP contribution in [0.5, 0.6) is 0 Å². The van der Waals surface area contributed by atoms with E-state index in [4.69, 9.17) is 0 Å². The van der Waals surface area contributed by atoms with E-state index in [9.17, 15) is 18.7 Å². The summed E-state index contributed by atoms with van der Waals surface area (Å²) in [6.45, 7) is 1.60. The van der Waals surface area contributed by atoms with E-state index in [1.165, 1.54) is 6.08 Å². The molecule has 25 heavy (non-hydrogen) atoms. The second-order valence-corrected chi connectivity index (χ2v) is 6.99. The molecular weight excluding hydrogens is 328 g/mol. The van der Waals surface area contributed by atoms with Gasteiger partial charge in [-0.05, 0) is 24.1 Å². The smallest absolute Gasteiger partial charge is 0.250 e. The van der Waals surface area contributed by atoms with Gasteiger partial charge in [-0.1, -0.05) is 6.07 Å². The standard InChI is InChI=1S/C18H23F2N3O2/c19-18(20)6-9-22(10-7-18)13-17(25)5-11-23(14-17)16(24)4-3-15-2-1-8-21-12-15/h1-4,8,12,25H,5-7,9-11,13-14H2/b4-3+/t17-/m0/s1. The lowest BCUT2D eigenvalue weighted by molar-refractivity contribution is -0.126. The molecule has 2 fully saturated rings. The summed E-state index contributed by atoms with van der Waals surface area (Å²) in [7, 11) is 0. The Balaban J connectivity index is 1.52. The number of alkyl halides is 2. The molecule has 7 heteroatoms. The molecule has 0 aromatic carbocycles. The van der Waals surface area contributed by atoms with Crippen LogP contribution in [0, 0.1) is 0 Å². The van der Waals surface area contributed by atoms with Crippen molar-refractivity contribution < 1.29 is 18.7 Å². The first kappa shape index (κ1) is 17.9. The average Bonchev–Trinajstić information content (AvgIpc) is 2.98. The molecule has 0 saturated carbocycles. The summed E-state index contributed by atoms with van der Waals surface area (Å²) >= 11 is 0. The molecule has 5 nitrogen and oxygen atoms in total. The highest BCUT2D eigenvalue weighted by Crippen LogP contribution is 2.30. The minimum Gasteiger partial charge on any atom is -0.387 e. The zero-order valence-electron chi connectivity index (χ0n) is 14.1. The normalized spacial score (nSPS) is 27.1.